The van der Waals surface area contributed by atoms with Gasteiger partial charge in [0.15, 0.2) is 6.61 Å². The lowest BCUT2D eigenvalue weighted by Crippen LogP contribution is -2.52. The average Bonchev–Trinajstić information content (AvgIpc) is 3.23. The first-order chi connectivity index (χ1) is 13.7. The zero-order chi connectivity index (χ0) is 19.3. The fraction of sp³-hybridized carbons (Fsp3) is 0.333. The van der Waals surface area contributed by atoms with Gasteiger partial charge in [-0.3, -0.25) is 4.79 Å². The lowest BCUT2D eigenvalue weighted by Gasteiger charge is -2.35. The fourth-order valence-corrected chi connectivity index (χ4v) is 3.56. The summed E-state index contributed by atoms with van der Waals surface area (Å²) in [5.74, 6) is 1.32. The predicted molar refractivity (Wildman–Crippen MR) is 107 cm³/mol. The van der Waals surface area contributed by atoms with Gasteiger partial charge in [-0.2, -0.15) is 0 Å². The van der Waals surface area contributed by atoms with Gasteiger partial charge in [0.25, 0.3) is 5.91 Å². The molecule has 2 aromatic rings. The second-order valence-corrected chi connectivity index (χ2v) is 6.96. The number of ether oxygens (including phenoxy) is 1. The molecule has 2 aliphatic rings. The number of nitrogens with two attached hydrogens (primary N) is 1. The maximum absolute atomic E-state index is 12.8. The molecular formula is C21H24N4O3. The molecule has 7 nitrogen and oxygen atoms in total. The molecule has 1 amide bonds. The second-order valence-electron chi connectivity index (χ2n) is 6.96. The molecule has 2 atom stereocenters. The van der Waals surface area contributed by atoms with Gasteiger partial charge in [0.2, 0.25) is 6.23 Å². The number of nitrogens with one attached hydrogen (secondary N) is 1. The van der Waals surface area contributed by atoms with Crippen LogP contribution in [0.15, 0.2) is 59.6 Å². The number of nitrogens with zero attached hydrogens (tertiary/aromatic N) is 2. The van der Waals surface area contributed by atoms with Crippen molar-refractivity contribution in [3.63, 3.8) is 0 Å². The zero-order valence-corrected chi connectivity index (χ0v) is 15.6. The Hall–Kier alpha value is -3.06. The summed E-state index contributed by atoms with van der Waals surface area (Å²) in [7, 11) is 0. The first-order valence-corrected chi connectivity index (χ1v) is 9.53. The van der Waals surface area contributed by atoms with Crippen LogP contribution in [0.4, 0.5) is 5.69 Å². The molecule has 0 aliphatic carbocycles. The van der Waals surface area contributed by atoms with E-state index in [-0.39, 0.29) is 18.6 Å². The maximum Gasteiger partial charge on any atom is 0.261 e. The molecular weight excluding hydrogens is 356 g/mol. The molecule has 2 aromatic carbocycles. The molecule has 0 spiro atoms. The van der Waals surface area contributed by atoms with Crippen molar-refractivity contribution in [2.75, 3.05) is 18.9 Å². The molecule has 1 unspecified atom stereocenters. The van der Waals surface area contributed by atoms with Gasteiger partial charge >= 0.3 is 0 Å². The van der Waals surface area contributed by atoms with Gasteiger partial charge in [0, 0.05) is 17.8 Å². The van der Waals surface area contributed by atoms with E-state index in [0.29, 0.717) is 23.8 Å². The lowest BCUT2D eigenvalue weighted by molar-refractivity contribution is -0.135. The summed E-state index contributed by atoms with van der Waals surface area (Å²) in [5.41, 5.74) is 10.3. The number of hydrogen-bond acceptors (Lipinski definition) is 6. The van der Waals surface area contributed by atoms with Crippen molar-refractivity contribution in [1.82, 2.24) is 10.4 Å². The van der Waals surface area contributed by atoms with Crippen LogP contribution in [0, 0.1) is 0 Å². The summed E-state index contributed by atoms with van der Waals surface area (Å²) in [5, 5.41) is 0. The summed E-state index contributed by atoms with van der Waals surface area (Å²) < 4.78 is 5.64. The molecule has 2 aliphatic heterocycles. The van der Waals surface area contributed by atoms with E-state index in [9.17, 15) is 4.79 Å². The average molecular weight is 380 g/mol. The van der Waals surface area contributed by atoms with Crippen LogP contribution in [-0.2, 0) is 9.63 Å². The van der Waals surface area contributed by atoms with Crippen LogP contribution in [0.5, 0.6) is 5.75 Å². The highest BCUT2D eigenvalue weighted by Crippen LogP contribution is 2.27. The number of nitrogen functional groups attached to an aromatic ring is 1. The number of carbonyl (C=O) groups excluding carboxylic acids is 1. The first-order valence-electron chi connectivity index (χ1n) is 9.53. The summed E-state index contributed by atoms with van der Waals surface area (Å²) in [6.45, 7) is 0.693. The predicted octanol–water partition coefficient (Wildman–Crippen LogP) is 2.66. The molecule has 0 radical (unpaired) electrons. The molecule has 1 fully saturated rings. The SMILES string of the molecule is Nc1cccc([C@@H]2N=C(C3CCCCN3C(=O)COc3ccccc3)NO2)c1. The van der Waals surface area contributed by atoms with E-state index in [1.807, 2.05) is 59.5 Å². The Labute approximate surface area is 164 Å². The first kappa shape index (κ1) is 18.3. The zero-order valence-electron chi connectivity index (χ0n) is 15.6. The molecule has 0 saturated carbocycles. The number of para-hydroxylation sites is 1. The van der Waals surface area contributed by atoms with E-state index >= 15 is 0 Å². The number of hydrogen-bond donors (Lipinski definition) is 2. The molecule has 4 rings (SSSR count). The molecule has 2 heterocycles. The number of carbonyl (C=O) groups is 1. The van der Waals surface area contributed by atoms with Crippen molar-refractivity contribution < 1.29 is 14.4 Å². The topological polar surface area (TPSA) is 89.2 Å². The highest BCUT2D eigenvalue weighted by molar-refractivity contribution is 5.92. The third-order valence-electron chi connectivity index (χ3n) is 4.97. The van der Waals surface area contributed by atoms with Crippen LogP contribution in [0.3, 0.4) is 0 Å². The van der Waals surface area contributed by atoms with Gasteiger partial charge in [-0.25, -0.2) is 15.3 Å². The van der Waals surface area contributed by atoms with Gasteiger partial charge in [-0.15, -0.1) is 0 Å². The van der Waals surface area contributed by atoms with Crippen LogP contribution in [0.1, 0.15) is 31.1 Å². The highest BCUT2D eigenvalue weighted by Gasteiger charge is 2.34. The van der Waals surface area contributed by atoms with Crippen molar-refractivity contribution in [2.24, 2.45) is 4.99 Å². The van der Waals surface area contributed by atoms with Gasteiger partial charge in [0.05, 0.1) is 6.04 Å². The Balaban J connectivity index is 1.44. The monoisotopic (exact) mass is 380 g/mol. The molecule has 7 heteroatoms. The van der Waals surface area contributed by atoms with Crippen LogP contribution >= 0.6 is 0 Å². The molecule has 3 N–H and O–H groups in total. The van der Waals surface area contributed by atoms with E-state index in [4.69, 9.17) is 15.3 Å². The minimum Gasteiger partial charge on any atom is -0.484 e. The van der Waals surface area contributed by atoms with Gasteiger partial charge in [-0.1, -0.05) is 30.3 Å². The van der Waals surface area contributed by atoms with Crippen molar-refractivity contribution >= 4 is 17.4 Å². The third kappa shape index (κ3) is 4.09. The Kier molecular flexibility index (Phi) is 5.43. The van der Waals surface area contributed by atoms with E-state index in [0.717, 1.165) is 24.8 Å². The standard InChI is InChI=1S/C21H24N4O3/c22-16-8-6-7-15(13-16)21-23-20(24-28-21)18-11-4-5-12-25(18)19(26)14-27-17-9-2-1-3-10-17/h1-3,6-10,13,18,21H,4-5,11-12,14,22H2,(H,23,24)/t18?,21-/m1/s1. The summed E-state index contributed by atoms with van der Waals surface area (Å²) >= 11 is 0. The quantitative estimate of drug-likeness (QED) is 0.779. The Morgan fingerprint density at radius 2 is 2.07 bits per heavy atom. The number of anilines is 1. The molecule has 1 saturated heterocycles. The number of amides is 1. The minimum atomic E-state index is -0.460. The fourth-order valence-electron chi connectivity index (χ4n) is 3.56. The minimum absolute atomic E-state index is 0.00724. The molecule has 146 valence electrons. The third-order valence-corrected chi connectivity index (χ3v) is 4.97. The van der Waals surface area contributed by atoms with Gasteiger partial charge in [-0.05, 0) is 43.5 Å². The van der Waals surface area contributed by atoms with Crippen molar-refractivity contribution in [2.45, 2.75) is 31.5 Å². The molecule has 28 heavy (non-hydrogen) atoms. The summed E-state index contributed by atoms with van der Waals surface area (Å²) in [4.78, 5) is 24.9. The van der Waals surface area contributed by atoms with E-state index in [1.54, 1.807) is 0 Å². The largest absolute Gasteiger partial charge is 0.484 e. The Bertz CT molecular complexity index is 856. The summed E-state index contributed by atoms with van der Waals surface area (Å²) in [6.07, 6.45) is 2.39. The van der Waals surface area contributed by atoms with E-state index in [1.165, 1.54) is 0 Å². The van der Waals surface area contributed by atoms with Gasteiger partial charge in [0.1, 0.15) is 11.6 Å². The van der Waals surface area contributed by atoms with Crippen LogP contribution < -0.4 is 16.0 Å². The number of hydroxylamine groups is 1. The smallest absolute Gasteiger partial charge is 0.261 e. The van der Waals surface area contributed by atoms with Gasteiger partial charge < -0.3 is 15.4 Å². The Morgan fingerprint density at radius 3 is 2.89 bits per heavy atom. The van der Waals surface area contributed by atoms with Crippen LogP contribution in [0.2, 0.25) is 0 Å². The van der Waals surface area contributed by atoms with E-state index < -0.39 is 6.23 Å². The number of amidine groups is 1. The van der Waals surface area contributed by atoms with Crippen LogP contribution in [0.25, 0.3) is 0 Å². The van der Waals surface area contributed by atoms with E-state index in [2.05, 4.69) is 10.5 Å². The Morgan fingerprint density at radius 1 is 1.21 bits per heavy atom. The number of piperidine rings is 1. The highest BCUT2D eigenvalue weighted by atomic mass is 16.7. The number of aliphatic imine (C=N–C) groups is 1. The molecule has 0 bridgehead atoms. The summed E-state index contributed by atoms with van der Waals surface area (Å²) in [6, 6.07) is 16.7. The van der Waals surface area contributed by atoms with Crippen LogP contribution in [-0.4, -0.2) is 35.8 Å². The number of likely N-dealkylation sites (tertiary alicyclic amines) is 1. The maximum atomic E-state index is 12.8. The van der Waals surface area contributed by atoms with Crippen molar-refractivity contribution in [1.29, 1.82) is 0 Å². The molecule has 0 aromatic heterocycles. The van der Waals surface area contributed by atoms with Crippen molar-refractivity contribution in [3.8, 4) is 5.75 Å². The number of rotatable bonds is 5. The van der Waals surface area contributed by atoms with Crippen molar-refractivity contribution in [3.05, 3.63) is 60.2 Å². The second kappa shape index (κ2) is 8.31. The normalized spacial score (nSPS) is 21.7. The lowest BCUT2D eigenvalue weighted by atomic mass is 10.0. The number of benzene rings is 2.